The molecule has 30 heavy (non-hydrogen) atoms. The Balaban J connectivity index is 1.78. The summed E-state index contributed by atoms with van der Waals surface area (Å²) in [6.45, 7) is 6.26. The summed E-state index contributed by atoms with van der Waals surface area (Å²) < 4.78 is 0. The second kappa shape index (κ2) is 8.87. The van der Waals surface area contributed by atoms with Gasteiger partial charge in [0.1, 0.15) is 11.6 Å². The molecule has 0 amide bonds. The Morgan fingerprint density at radius 2 is 1.60 bits per heavy atom. The lowest BCUT2D eigenvalue weighted by atomic mass is 9.94. The molecule has 0 radical (unpaired) electrons. The Bertz CT molecular complexity index is 1110. The molecule has 1 atom stereocenters. The van der Waals surface area contributed by atoms with Gasteiger partial charge in [0.25, 0.3) is 0 Å². The fraction of sp³-hybridized carbons (Fsp3) is 0.192. The van der Waals surface area contributed by atoms with Gasteiger partial charge < -0.3 is 15.3 Å². The zero-order valence-corrected chi connectivity index (χ0v) is 17.4. The van der Waals surface area contributed by atoms with E-state index in [1.165, 1.54) is 5.69 Å². The first kappa shape index (κ1) is 19.8. The molecule has 3 aromatic carbocycles. The Morgan fingerprint density at radius 1 is 0.867 bits per heavy atom. The van der Waals surface area contributed by atoms with Crippen LogP contribution in [-0.4, -0.2) is 23.2 Å². The summed E-state index contributed by atoms with van der Waals surface area (Å²) in [7, 11) is 0. The first-order valence-electron chi connectivity index (χ1n) is 10.4. The standard InChI is InChI=1S/C26H27N3O/c1-3-29(4-2)21-15-12-20(13-16-21)25(28-24-11-7-8-18-27-24)23-17-14-19-9-5-6-10-22(19)26(23)30/h5-18,25,30H,3-4H2,1-2H3,(H,27,28). The predicted molar refractivity (Wildman–Crippen MR) is 125 cm³/mol. The molecule has 0 bridgehead atoms. The fourth-order valence-corrected chi connectivity index (χ4v) is 3.91. The number of benzene rings is 3. The summed E-state index contributed by atoms with van der Waals surface area (Å²) in [5, 5.41) is 16.5. The van der Waals surface area contributed by atoms with Gasteiger partial charge in [-0.15, -0.1) is 0 Å². The Labute approximate surface area is 177 Å². The number of nitrogens with zero attached hydrogens (tertiary/aromatic N) is 2. The van der Waals surface area contributed by atoms with Crippen LogP contribution in [0.5, 0.6) is 5.75 Å². The number of phenolic OH excluding ortho intramolecular Hbond substituents is 1. The molecule has 0 fully saturated rings. The van der Waals surface area contributed by atoms with Crippen molar-refractivity contribution >= 4 is 22.3 Å². The normalized spacial score (nSPS) is 11.9. The molecule has 1 unspecified atom stereocenters. The molecule has 0 saturated carbocycles. The van der Waals surface area contributed by atoms with Crippen LogP contribution in [0.25, 0.3) is 10.8 Å². The summed E-state index contributed by atoms with van der Waals surface area (Å²) in [6, 6.07) is 26.1. The minimum atomic E-state index is -0.227. The van der Waals surface area contributed by atoms with E-state index in [1.807, 2.05) is 48.5 Å². The van der Waals surface area contributed by atoms with Crippen molar-refractivity contribution in [1.29, 1.82) is 0 Å². The van der Waals surface area contributed by atoms with Crippen LogP contribution in [0.3, 0.4) is 0 Å². The van der Waals surface area contributed by atoms with Gasteiger partial charge in [0.05, 0.1) is 6.04 Å². The van der Waals surface area contributed by atoms with Gasteiger partial charge in [-0.05, 0) is 49.1 Å². The maximum Gasteiger partial charge on any atom is 0.129 e. The van der Waals surface area contributed by atoms with Crippen molar-refractivity contribution in [3.8, 4) is 5.75 Å². The number of pyridine rings is 1. The van der Waals surface area contributed by atoms with Crippen LogP contribution in [0.2, 0.25) is 0 Å². The average molecular weight is 398 g/mol. The Kier molecular flexibility index (Phi) is 5.84. The van der Waals surface area contributed by atoms with Crippen molar-refractivity contribution in [1.82, 2.24) is 4.98 Å². The van der Waals surface area contributed by atoms with E-state index in [4.69, 9.17) is 0 Å². The lowest BCUT2D eigenvalue weighted by molar-refractivity contribution is 0.473. The lowest BCUT2D eigenvalue weighted by Crippen LogP contribution is -2.21. The Hall–Kier alpha value is -3.53. The molecule has 4 heteroatoms. The van der Waals surface area contributed by atoms with Gasteiger partial charge in [-0.3, -0.25) is 0 Å². The van der Waals surface area contributed by atoms with Crippen LogP contribution in [-0.2, 0) is 0 Å². The van der Waals surface area contributed by atoms with Crippen LogP contribution in [0.4, 0.5) is 11.5 Å². The first-order chi connectivity index (χ1) is 14.7. The zero-order valence-electron chi connectivity index (χ0n) is 17.4. The molecule has 0 spiro atoms. The first-order valence-corrected chi connectivity index (χ1v) is 10.4. The quantitative estimate of drug-likeness (QED) is 0.402. The van der Waals surface area contributed by atoms with E-state index in [1.54, 1.807) is 6.20 Å². The van der Waals surface area contributed by atoms with Gasteiger partial charge in [-0.1, -0.05) is 54.6 Å². The second-order valence-corrected chi connectivity index (χ2v) is 7.28. The highest BCUT2D eigenvalue weighted by atomic mass is 16.3. The van der Waals surface area contributed by atoms with E-state index < -0.39 is 0 Å². The number of aromatic nitrogens is 1. The molecular weight excluding hydrogens is 370 g/mol. The molecule has 1 heterocycles. The molecule has 0 saturated heterocycles. The van der Waals surface area contributed by atoms with Crippen molar-refractivity contribution in [3.05, 3.63) is 96.2 Å². The van der Waals surface area contributed by atoms with Gasteiger partial charge in [0, 0.05) is 35.9 Å². The molecule has 1 aromatic heterocycles. The largest absolute Gasteiger partial charge is 0.507 e. The Morgan fingerprint density at radius 3 is 2.30 bits per heavy atom. The summed E-state index contributed by atoms with van der Waals surface area (Å²) in [4.78, 5) is 6.75. The monoisotopic (exact) mass is 397 g/mol. The van der Waals surface area contributed by atoms with Crippen molar-refractivity contribution in [2.75, 3.05) is 23.3 Å². The smallest absolute Gasteiger partial charge is 0.129 e. The molecule has 4 rings (SSSR count). The van der Waals surface area contributed by atoms with E-state index in [-0.39, 0.29) is 6.04 Å². The number of nitrogens with one attached hydrogen (secondary N) is 1. The SMILES string of the molecule is CCN(CC)c1ccc(C(Nc2ccccn2)c2ccc3ccccc3c2O)cc1. The van der Waals surface area contributed by atoms with Crippen molar-refractivity contribution in [2.45, 2.75) is 19.9 Å². The van der Waals surface area contributed by atoms with Crippen LogP contribution < -0.4 is 10.2 Å². The van der Waals surface area contributed by atoms with Crippen LogP contribution >= 0.6 is 0 Å². The minimum absolute atomic E-state index is 0.227. The van der Waals surface area contributed by atoms with E-state index in [2.05, 4.69) is 59.4 Å². The van der Waals surface area contributed by atoms with Gasteiger partial charge in [-0.25, -0.2) is 4.98 Å². The van der Waals surface area contributed by atoms with E-state index in [0.29, 0.717) is 5.75 Å². The zero-order chi connectivity index (χ0) is 20.9. The highest BCUT2D eigenvalue weighted by molar-refractivity contribution is 5.89. The van der Waals surface area contributed by atoms with Gasteiger partial charge in [-0.2, -0.15) is 0 Å². The van der Waals surface area contributed by atoms with E-state index in [0.717, 1.165) is 40.8 Å². The molecule has 0 aliphatic heterocycles. The van der Waals surface area contributed by atoms with Crippen molar-refractivity contribution in [3.63, 3.8) is 0 Å². The second-order valence-electron chi connectivity index (χ2n) is 7.28. The number of hydrogen-bond donors (Lipinski definition) is 2. The summed E-state index contributed by atoms with van der Waals surface area (Å²) in [6.07, 6.45) is 1.77. The number of fused-ring (bicyclic) bond motifs is 1. The maximum atomic E-state index is 11.1. The highest BCUT2D eigenvalue weighted by Crippen LogP contribution is 2.37. The van der Waals surface area contributed by atoms with Crippen molar-refractivity contribution < 1.29 is 5.11 Å². The number of phenols is 1. The minimum Gasteiger partial charge on any atom is -0.507 e. The maximum absolute atomic E-state index is 11.1. The summed E-state index contributed by atoms with van der Waals surface area (Å²) >= 11 is 0. The van der Waals surface area contributed by atoms with Gasteiger partial charge in [0.15, 0.2) is 0 Å². The molecule has 4 aromatic rings. The number of anilines is 2. The summed E-state index contributed by atoms with van der Waals surface area (Å²) in [5.41, 5.74) is 3.10. The highest BCUT2D eigenvalue weighted by Gasteiger charge is 2.20. The number of aromatic hydroxyl groups is 1. The lowest BCUT2D eigenvalue weighted by Gasteiger charge is -2.24. The average Bonchev–Trinajstić information content (AvgIpc) is 2.80. The molecule has 4 nitrogen and oxygen atoms in total. The molecule has 2 N–H and O–H groups in total. The topological polar surface area (TPSA) is 48.4 Å². The van der Waals surface area contributed by atoms with Crippen molar-refractivity contribution in [2.24, 2.45) is 0 Å². The van der Waals surface area contributed by atoms with E-state index >= 15 is 0 Å². The third-order valence-corrected chi connectivity index (χ3v) is 5.55. The van der Waals surface area contributed by atoms with Crippen LogP contribution in [0.1, 0.15) is 31.0 Å². The van der Waals surface area contributed by atoms with Gasteiger partial charge >= 0.3 is 0 Å². The molecule has 0 aliphatic carbocycles. The molecule has 0 aliphatic rings. The number of hydrogen-bond acceptors (Lipinski definition) is 4. The molecular formula is C26H27N3O. The van der Waals surface area contributed by atoms with Gasteiger partial charge in [0.2, 0.25) is 0 Å². The third kappa shape index (κ3) is 3.94. The van der Waals surface area contributed by atoms with E-state index in [9.17, 15) is 5.11 Å². The van der Waals surface area contributed by atoms with Crippen LogP contribution in [0.15, 0.2) is 85.1 Å². The van der Waals surface area contributed by atoms with Crippen LogP contribution in [0, 0.1) is 0 Å². The third-order valence-electron chi connectivity index (χ3n) is 5.55. The fourth-order valence-electron chi connectivity index (χ4n) is 3.91. The number of rotatable bonds is 7. The summed E-state index contributed by atoms with van der Waals surface area (Å²) in [5.74, 6) is 1.07. The predicted octanol–water partition coefficient (Wildman–Crippen LogP) is 5.99. The molecule has 152 valence electrons.